The van der Waals surface area contributed by atoms with E-state index in [1.165, 1.54) is 0 Å². The predicted octanol–water partition coefficient (Wildman–Crippen LogP) is 2.78. The molecule has 1 aliphatic rings. The van der Waals surface area contributed by atoms with Gasteiger partial charge in [0.2, 0.25) is 5.91 Å². The Kier molecular flexibility index (Phi) is 4.69. The van der Waals surface area contributed by atoms with Gasteiger partial charge in [-0.05, 0) is 38.6 Å². The van der Waals surface area contributed by atoms with Crippen molar-refractivity contribution in [3.8, 4) is 0 Å². The Bertz CT molecular complexity index is 540. The van der Waals surface area contributed by atoms with Gasteiger partial charge in [-0.1, -0.05) is 6.07 Å². The normalized spacial score (nSPS) is 20.9. The highest BCUT2D eigenvalue weighted by Crippen LogP contribution is 2.35. The van der Waals surface area contributed by atoms with Crippen molar-refractivity contribution in [2.24, 2.45) is 0 Å². The van der Waals surface area contributed by atoms with Crippen molar-refractivity contribution in [3.63, 3.8) is 0 Å². The molecule has 122 valence electrons. The zero-order valence-electron chi connectivity index (χ0n) is 11.8. The van der Waals surface area contributed by atoms with Gasteiger partial charge in [-0.2, -0.15) is 13.2 Å². The first-order valence-electron chi connectivity index (χ1n) is 6.73. The van der Waals surface area contributed by atoms with Gasteiger partial charge in [-0.25, -0.2) is 8.78 Å². The number of halogens is 5. The Morgan fingerprint density at radius 2 is 1.91 bits per heavy atom. The molecule has 1 aromatic rings. The molecule has 1 aliphatic heterocycles. The van der Waals surface area contributed by atoms with E-state index >= 15 is 0 Å². The van der Waals surface area contributed by atoms with Crippen LogP contribution >= 0.6 is 0 Å². The van der Waals surface area contributed by atoms with Gasteiger partial charge in [0, 0.05) is 0 Å². The molecule has 0 unspecified atom stereocenters. The summed E-state index contributed by atoms with van der Waals surface area (Å²) in [5, 5.41) is 1.74. The Hall–Kier alpha value is -1.70. The van der Waals surface area contributed by atoms with Crippen LogP contribution in [0.3, 0.4) is 0 Å². The number of alkyl halides is 3. The van der Waals surface area contributed by atoms with E-state index in [9.17, 15) is 26.7 Å². The minimum Gasteiger partial charge on any atom is -0.339 e. The molecule has 1 saturated heterocycles. The van der Waals surface area contributed by atoms with E-state index in [1.54, 1.807) is 17.3 Å². The quantitative estimate of drug-likeness (QED) is 0.868. The van der Waals surface area contributed by atoms with Crippen molar-refractivity contribution >= 4 is 5.91 Å². The molecule has 1 N–H and O–H groups in total. The molecule has 2 atom stereocenters. The maximum absolute atomic E-state index is 13.6. The molecule has 0 radical (unpaired) electrons. The van der Waals surface area contributed by atoms with Gasteiger partial charge in [0.25, 0.3) is 0 Å². The number of hydrogen-bond donors (Lipinski definition) is 1. The summed E-state index contributed by atoms with van der Waals surface area (Å²) in [4.78, 5) is 13.6. The lowest BCUT2D eigenvalue weighted by molar-refractivity contribution is -0.165. The molecule has 0 aliphatic carbocycles. The zero-order valence-corrected chi connectivity index (χ0v) is 11.8. The fraction of sp³-hybridized carbons (Fsp3) is 0.500. The summed E-state index contributed by atoms with van der Waals surface area (Å²) in [7, 11) is 1.61. The first-order chi connectivity index (χ1) is 10.2. The van der Waals surface area contributed by atoms with Crippen LogP contribution in [0.1, 0.15) is 24.4 Å². The minimum atomic E-state index is -5.00. The van der Waals surface area contributed by atoms with E-state index in [0.29, 0.717) is 19.4 Å². The van der Waals surface area contributed by atoms with Crippen LogP contribution in [0.2, 0.25) is 0 Å². The lowest BCUT2D eigenvalue weighted by Gasteiger charge is -2.26. The Morgan fingerprint density at radius 3 is 2.36 bits per heavy atom. The van der Waals surface area contributed by atoms with Gasteiger partial charge in [0.05, 0.1) is 11.6 Å². The van der Waals surface area contributed by atoms with Crippen LogP contribution in [0.5, 0.6) is 0 Å². The predicted molar refractivity (Wildman–Crippen MR) is 68.9 cm³/mol. The van der Waals surface area contributed by atoms with Crippen LogP contribution in [0, 0.1) is 11.6 Å². The molecule has 2 rings (SSSR count). The average molecular weight is 322 g/mol. The lowest BCUT2D eigenvalue weighted by Crippen LogP contribution is -2.47. The van der Waals surface area contributed by atoms with E-state index in [0.717, 1.165) is 18.2 Å². The summed E-state index contributed by atoms with van der Waals surface area (Å²) in [6.45, 7) is 0.586. The second-order valence-corrected chi connectivity index (χ2v) is 5.26. The van der Waals surface area contributed by atoms with E-state index in [-0.39, 0.29) is 0 Å². The zero-order chi connectivity index (χ0) is 16.5. The average Bonchev–Trinajstić information content (AvgIpc) is 2.82. The van der Waals surface area contributed by atoms with Crippen molar-refractivity contribution in [1.82, 2.24) is 10.2 Å². The molecular weight excluding hydrogens is 307 g/mol. The highest BCUT2D eigenvalue weighted by atomic mass is 19.4. The maximum atomic E-state index is 13.6. The Labute approximate surface area is 124 Å². The number of benzene rings is 1. The SMILES string of the molecule is CN1CCC[C@H]1C(=O)N[C@H](c1c(F)cccc1F)C(F)(F)F. The van der Waals surface area contributed by atoms with Crippen LogP contribution in [0.25, 0.3) is 0 Å². The smallest absolute Gasteiger partial charge is 0.339 e. The lowest BCUT2D eigenvalue weighted by atomic mass is 10.0. The maximum Gasteiger partial charge on any atom is 0.413 e. The number of likely N-dealkylation sites (tertiary alicyclic amines) is 1. The number of nitrogens with zero attached hydrogens (tertiary/aromatic N) is 1. The summed E-state index contributed by atoms with van der Waals surface area (Å²) in [6, 6.07) is -1.01. The Balaban J connectivity index is 2.30. The molecule has 0 aromatic heterocycles. The van der Waals surface area contributed by atoms with Crippen LogP contribution in [-0.2, 0) is 4.79 Å². The highest BCUT2D eigenvalue weighted by Gasteiger charge is 2.46. The highest BCUT2D eigenvalue weighted by molar-refractivity contribution is 5.82. The molecule has 3 nitrogen and oxygen atoms in total. The number of amides is 1. The van der Waals surface area contributed by atoms with Gasteiger partial charge in [-0.15, -0.1) is 0 Å². The van der Waals surface area contributed by atoms with Gasteiger partial charge in [0.15, 0.2) is 6.04 Å². The molecule has 0 saturated carbocycles. The largest absolute Gasteiger partial charge is 0.413 e. The van der Waals surface area contributed by atoms with Gasteiger partial charge in [-0.3, -0.25) is 9.69 Å². The van der Waals surface area contributed by atoms with E-state index in [2.05, 4.69) is 0 Å². The summed E-state index contributed by atoms with van der Waals surface area (Å²) in [5.41, 5.74) is -1.19. The minimum absolute atomic E-state index is 0.409. The fourth-order valence-electron chi connectivity index (χ4n) is 2.58. The first-order valence-corrected chi connectivity index (χ1v) is 6.73. The van der Waals surface area contributed by atoms with E-state index in [4.69, 9.17) is 0 Å². The van der Waals surface area contributed by atoms with Crippen molar-refractivity contribution in [1.29, 1.82) is 0 Å². The van der Waals surface area contributed by atoms with E-state index < -0.39 is 41.4 Å². The molecule has 1 heterocycles. The van der Waals surface area contributed by atoms with Gasteiger partial charge < -0.3 is 5.32 Å². The van der Waals surface area contributed by atoms with Crippen molar-refractivity contribution in [3.05, 3.63) is 35.4 Å². The Morgan fingerprint density at radius 1 is 1.32 bits per heavy atom. The third kappa shape index (κ3) is 3.37. The second-order valence-electron chi connectivity index (χ2n) is 5.26. The molecule has 0 bridgehead atoms. The van der Waals surface area contributed by atoms with Crippen molar-refractivity contribution in [2.45, 2.75) is 31.1 Å². The summed E-state index contributed by atoms with van der Waals surface area (Å²) < 4.78 is 66.7. The van der Waals surface area contributed by atoms with E-state index in [1.807, 2.05) is 0 Å². The van der Waals surface area contributed by atoms with Crippen LogP contribution in [-0.4, -0.2) is 36.6 Å². The van der Waals surface area contributed by atoms with Crippen molar-refractivity contribution < 1.29 is 26.7 Å². The van der Waals surface area contributed by atoms with Gasteiger partial charge in [0.1, 0.15) is 11.6 Å². The second kappa shape index (κ2) is 6.20. The molecule has 1 aromatic carbocycles. The molecule has 0 spiro atoms. The molecule has 1 amide bonds. The standard InChI is InChI=1S/C14H15F5N2O/c1-21-7-3-6-10(21)13(22)20-12(14(17,18)19)11-8(15)4-2-5-9(11)16/h2,4-5,10,12H,3,6-7H2,1H3,(H,20,22)/t10-,12+/m0/s1. The monoisotopic (exact) mass is 322 g/mol. The third-order valence-electron chi connectivity index (χ3n) is 3.73. The fourth-order valence-corrected chi connectivity index (χ4v) is 2.58. The van der Waals surface area contributed by atoms with Crippen LogP contribution < -0.4 is 5.32 Å². The summed E-state index contributed by atoms with van der Waals surface area (Å²) >= 11 is 0. The number of rotatable bonds is 3. The van der Waals surface area contributed by atoms with Crippen LogP contribution in [0.4, 0.5) is 22.0 Å². The number of nitrogens with one attached hydrogen (secondary N) is 1. The third-order valence-corrected chi connectivity index (χ3v) is 3.73. The van der Waals surface area contributed by atoms with Gasteiger partial charge >= 0.3 is 6.18 Å². The number of carbonyl (C=O) groups is 1. The molecule has 22 heavy (non-hydrogen) atoms. The molecule has 1 fully saturated rings. The topological polar surface area (TPSA) is 32.3 Å². The summed E-state index contributed by atoms with van der Waals surface area (Å²) in [5.74, 6) is -3.57. The number of hydrogen-bond acceptors (Lipinski definition) is 2. The summed E-state index contributed by atoms with van der Waals surface area (Å²) in [6.07, 6.45) is -3.91. The number of likely N-dealkylation sites (N-methyl/N-ethyl adjacent to an activating group) is 1. The number of carbonyl (C=O) groups excluding carboxylic acids is 1. The molecular formula is C14H15F5N2O. The van der Waals surface area contributed by atoms with Crippen LogP contribution in [0.15, 0.2) is 18.2 Å². The molecule has 8 heteroatoms. The first kappa shape index (κ1) is 16.7. The van der Waals surface area contributed by atoms with Crippen molar-refractivity contribution in [2.75, 3.05) is 13.6 Å².